The zero-order chi connectivity index (χ0) is 15.3. The van der Waals surface area contributed by atoms with E-state index in [4.69, 9.17) is 4.74 Å². The maximum Gasteiger partial charge on any atom is 0.238 e. The lowest BCUT2D eigenvalue weighted by Crippen LogP contribution is -2.38. The molecule has 1 aliphatic heterocycles. The zero-order valence-electron chi connectivity index (χ0n) is 12.6. The molecular formula is C18H19NO3. The normalized spacial score (nSPS) is 32.5. The first-order valence-electron chi connectivity index (χ1n) is 7.99. The molecular weight excluding hydrogens is 278 g/mol. The molecule has 4 atom stereocenters. The fourth-order valence-electron chi connectivity index (χ4n) is 4.19. The molecule has 0 N–H and O–H groups in total. The Morgan fingerprint density at radius 3 is 2.00 bits per heavy atom. The van der Waals surface area contributed by atoms with Crippen molar-refractivity contribution in [3.05, 3.63) is 36.4 Å². The van der Waals surface area contributed by atoms with Crippen LogP contribution in [0.2, 0.25) is 0 Å². The van der Waals surface area contributed by atoms with Crippen molar-refractivity contribution in [1.29, 1.82) is 0 Å². The maximum atomic E-state index is 12.8. The summed E-state index contributed by atoms with van der Waals surface area (Å²) in [6.45, 7) is 2.52. The van der Waals surface area contributed by atoms with Crippen molar-refractivity contribution in [2.75, 3.05) is 11.5 Å². The summed E-state index contributed by atoms with van der Waals surface area (Å²) in [5, 5.41) is 0. The molecule has 2 fully saturated rings. The van der Waals surface area contributed by atoms with Crippen LogP contribution in [0, 0.1) is 23.7 Å². The molecule has 114 valence electrons. The van der Waals surface area contributed by atoms with Crippen LogP contribution in [0.5, 0.6) is 5.75 Å². The SMILES string of the molecule is CCOc1ccc(N2C(=O)[C@H]3[C@H](C2=O)[C@H]2C=C[C@H]3CC2)cc1. The first-order valence-corrected chi connectivity index (χ1v) is 7.99. The fraction of sp³-hybridized carbons (Fsp3) is 0.444. The number of carbonyl (C=O) groups is 2. The predicted octanol–water partition coefficient (Wildman–Crippen LogP) is 2.79. The van der Waals surface area contributed by atoms with Crippen LogP contribution in [0.15, 0.2) is 36.4 Å². The van der Waals surface area contributed by atoms with Crippen molar-refractivity contribution in [1.82, 2.24) is 0 Å². The topological polar surface area (TPSA) is 46.6 Å². The van der Waals surface area contributed by atoms with Crippen molar-refractivity contribution in [2.45, 2.75) is 19.8 Å². The first kappa shape index (κ1) is 13.6. The third kappa shape index (κ3) is 1.83. The van der Waals surface area contributed by atoms with Crippen LogP contribution in [-0.4, -0.2) is 18.4 Å². The molecule has 1 aromatic carbocycles. The molecule has 2 bridgehead atoms. The van der Waals surface area contributed by atoms with E-state index in [1.807, 2.05) is 19.1 Å². The zero-order valence-corrected chi connectivity index (χ0v) is 12.6. The number of benzene rings is 1. The molecule has 0 radical (unpaired) electrons. The van der Waals surface area contributed by atoms with E-state index in [0.717, 1.165) is 18.6 Å². The molecule has 4 heteroatoms. The summed E-state index contributed by atoms with van der Waals surface area (Å²) in [6.07, 6.45) is 6.33. The number of hydrogen-bond acceptors (Lipinski definition) is 3. The highest BCUT2D eigenvalue weighted by atomic mass is 16.5. The van der Waals surface area contributed by atoms with Gasteiger partial charge in [0.1, 0.15) is 5.75 Å². The fourth-order valence-corrected chi connectivity index (χ4v) is 4.19. The van der Waals surface area contributed by atoms with E-state index < -0.39 is 0 Å². The third-order valence-corrected chi connectivity index (χ3v) is 5.17. The molecule has 3 aliphatic carbocycles. The Balaban J connectivity index is 1.66. The summed E-state index contributed by atoms with van der Waals surface area (Å²) in [6, 6.07) is 7.23. The second kappa shape index (κ2) is 4.97. The van der Waals surface area contributed by atoms with E-state index in [2.05, 4.69) is 12.2 Å². The molecule has 4 aliphatic rings. The number of carbonyl (C=O) groups excluding carboxylic acids is 2. The Morgan fingerprint density at radius 1 is 1.00 bits per heavy atom. The van der Waals surface area contributed by atoms with Crippen molar-refractivity contribution < 1.29 is 14.3 Å². The smallest absolute Gasteiger partial charge is 0.238 e. The van der Waals surface area contributed by atoms with Gasteiger partial charge in [-0.15, -0.1) is 0 Å². The van der Waals surface area contributed by atoms with Crippen molar-refractivity contribution in [3.8, 4) is 5.75 Å². The van der Waals surface area contributed by atoms with Gasteiger partial charge in [0.25, 0.3) is 0 Å². The van der Waals surface area contributed by atoms with E-state index in [0.29, 0.717) is 12.3 Å². The molecule has 0 unspecified atom stereocenters. The molecule has 0 spiro atoms. The average Bonchev–Trinajstić information content (AvgIpc) is 2.84. The second-order valence-corrected chi connectivity index (χ2v) is 6.28. The van der Waals surface area contributed by atoms with Crippen LogP contribution in [0.1, 0.15) is 19.8 Å². The largest absolute Gasteiger partial charge is 0.494 e. The number of rotatable bonds is 3. The molecule has 1 saturated heterocycles. The van der Waals surface area contributed by atoms with Gasteiger partial charge in [-0.1, -0.05) is 12.2 Å². The van der Waals surface area contributed by atoms with Gasteiger partial charge >= 0.3 is 0 Å². The van der Waals surface area contributed by atoms with Crippen molar-refractivity contribution >= 4 is 17.5 Å². The van der Waals surface area contributed by atoms with Crippen LogP contribution in [0.4, 0.5) is 5.69 Å². The summed E-state index contributed by atoms with van der Waals surface area (Å²) in [5.41, 5.74) is 0.659. The van der Waals surface area contributed by atoms with Gasteiger partial charge in [0.2, 0.25) is 11.8 Å². The molecule has 5 rings (SSSR count). The number of anilines is 1. The molecule has 1 heterocycles. The molecule has 1 aromatic rings. The Kier molecular flexibility index (Phi) is 3.06. The van der Waals surface area contributed by atoms with E-state index in [1.165, 1.54) is 4.90 Å². The van der Waals surface area contributed by atoms with Crippen LogP contribution in [-0.2, 0) is 9.59 Å². The monoisotopic (exact) mass is 297 g/mol. The number of amides is 2. The van der Waals surface area contributed by atoms with E-state index in [9.17, 15) is 9.59 Å². The van der Waals surface area contributed by atoms with Crippen LogP contribution in [0.3, 0.4) is 0 Å². The minimum Gasteiger partial charge on any atom is -0.494 e. The van der Waals surface area contributed by atoms with Gasteiger partial charge in [-0.25, -0.2) is 0 Å². The van der Waals surface area contributed by atoms with Gasteiger partial charge in [0.15, 0.2) is 0 Å². The minimum absolute atomic E-state index is 0.0294. The Hall–Kier alpha value is -2.10. The number of nitrogens with zero attached hydrogens (tertiary/aromatic N) is 1. The Bertz CT molecular complexity index is 617. The molecule has 0 aromatic heterocycles. The van der Waals surface area contributed by atoms with Gasteiger partial charge in [-0.3, -0.25) is 14.5 Å². The van der Waals surface area contributed by atoms with E-state index >= 15 is 0 Å². The highest BCUT2D eigenvalue weighted by Gasteiger charge is 2.56. The lowest BCUT2D eigenvalue weighted by atomic mass is 9.63. The minimum atomic E-state index is -0.150. The number of ether oxygens (including phenoxy) is 1. The maximum absolute atomic E-state index is 12.8. The van der Waals surface area contributed by atoms with Crippen LogP contribution >= 0.6 is 0 Å². The summed E-state index contributed by atoms with van der Waals surface area (Å²) in [5.74, 6) is 0.866. The van der Waals surface area contributed by atoms with Crippen molar-refractivity contribution in [3.63, 3.8) is 0 Å². The summed E-state index contributed by atoms with van der Waals surface area (Å²) >= 11 is 0. The standard InChI is InChI=1S/C18H19NO3/c1-2-22-14-9-7-13(8-10-14)19-17(20)15-11-3-4-12(6-5-11)16(15)18(19)21/h3-4,7-12,15-16H,2,5-6H2,1H3/t11-,12-,15+,16+/m0/s1. The highest BCUT2D eigenvalue weighted by Crippen LogP contribution is 2.50. The third-order valence-electron chi connectivity index (χ3n) is 5.17. The quantitative estimate of drug-likeness (QED) is 0.636. The van der Waals surface area contributed by atoms with Gasteiger partial charge < -0.3 is 4.74 Å². The first-order chi connectivity index (χ1) is 10.7. The number of fused-ring (bicyclic) bond motifs is 1. The lowest BCUT2D eigenvalue weighted by molar-refractivity contribution is -0.124. The van der Waals surface area contributed by atoms with Gasteiger partial charge in [0, 0.05) is 0 Å². The number of hydrogen-bond donors (Lipinski definition) is 0. The summed E-state index contributed by atoms with van der Waals surface area (Å²) < 4.78 is 5.42. The molecule has 22 heavy (non-hydrogen) atoms. The van der Waals surface area contributed by atoms with Crippen LogP contribution < -0.4 is 9.64 Å². The number of imide groups is 1. The Labute approximate surface area is 129 Å². The van der Waals surface area contributed by atoms with E-state index in [-0.39, 0.29) is 35.5 Å². The predicted molar refractivity (Wildman–Crippen MR) is 82.4 cm³/mol. The summed E-state index contributed by atoms with van der Waals surface area (Å²) in [4.78, 5) is 27.0. The average molecular weight is 297 g/mol. The number of allylic oxidation sites excluding steroid dienone is 2. The van der Waals surface area contributed by atoms with Gasteiger partial charge in [0.05, 0.1) is 24.1 Å². The lowest BCUT2D eigenvalue weighted by Gasteiger charge is -2.38. The molecule has 2 amide bonds. The highest BCUT2D eigenvalue weighted by molar-refractivity contribution is 6.22. The van der Waals surface area contributed by atoms with Crippen molar-refractivity contribution in [2.24, 2.45) is 23.7 Å². The summed E-state index contributed by atoms with van der Waals surface area (Å²) in [7, 11) is 0. The second-order valence-electron chi connectivity index (χ2n) is 6.28. The van der Waals surface area contributed by atoms with Gasteiger partial charge in [-0.05, 0) is 55.9 Å². The van der Waals surface area contributed by atoms with Gasteiger partial charge in [-0.2, -0.15) is 0 Å². The molecule has 4 nitrogen and oxygen atoms in total. The van der Waals surface area contributed by atoms with E-state index in [1.54, 1.807) is 12.1 Å². The van der Waals surface area contributed by atoms with Crippen LogP contribution in [0.25, 0.3) is 0 Å². The Morgan fingerprint density at radius 2 is 1.55 bits per heavy atom. The molecule has 1 saturated carbocycles.